The van der Waals surface area contributed by atoms with Crippen LogP contribution < -0.4 is 0 Å². The van der Waals surface area contributed by atoms with E-state index in [2.05, 4.69) is 0 Å². The summed E-state index contributed by atoms with van der Waals surface area (Å²) in [7, 11) is 0. The zero-order valence-corrected chi connectivity index (χ0v) is 10.3. The van der Waals surface area contributed by atoms with Gasteiger partial charge in [0, 0.05) is 0 Å². The molecule has 0 atom stereocenters. The number of esters is 1. The van der Waals surface area contributed by atoms with Gasteiger partial charge in [-0.2, -0.15) is 0 Å². The molecule has 0 spiro atoms. The van der Waals surface area contributed by atoms with Crippen LogP contribution >= 0.6 is 11.6 Å². The number of aliphatic hydroxyl groups is 1. The topological polar surface area (TPSA) is 46.5 Å². The Kier molecular flexibility index (Phi) is 3.94. The third-order valence-electron chi connectivity index (χ3n) is 2.17. The molecule has 0 radical (unpaired) electrons. The van der Waals surface area contributed by atoms with Crippen molar-refractivity contribution in [2.45, 2.75) is 26.4 Å². The van der Waals surface area contributed by atoms with E-state index in [1.165, 1.54) is 0 Å². The maximum atomic E-state index is 11.6. The van der Waals surface area contributed by atoms with Crippen LogP contribution in [0, 0.1) is 0 Å². The van der Waals surface area contributed by atoms with Crippen LogP contribution in [0.2, 0.25) is 5.02 Å². The smallest absolute Gasteiger partial charge is 0.339 e. The van der Waals surface area contributed by atoms with Gasteiger partial charge in [-0.1, -0.05) is 17.7 Å². The van der Waals surface area contributed by atoms with Crippen molar-refractivity contribution in [1.82, 2.24) is 0 Å². The summed E-state index contributed by atoms with van der Waals surface area (Å²) in [5.41, 5.74) is -0.102. The van der Waals surface area contributed by atoms with E-state index >= 15 is 0 Å². The zero-order chi connectivity index (χ0) is 12.3. The molecule has 88 valence electrons. The average molecular weight is 243 g/mol. The first-order valence-electron chi connectivity index (χ1n) is 5.05. The molecule has 1 rings (SSSR count). The van der Waals surface area contributed by atoms with Crippen LogP contribution in [-0.2, 0) is 10.3 Å². The molecule has 1 N–H and O–H groups in total. The second kappa shape index (κ2) is 4.85. The summed E-state index contributed by atoms with van der Waals surface area (Å²) in [6, 6.07) is 4.83. The summed E-state index contributed by atoms with van der Waals surface area (Å²) in [6.45, 7) is 5.31. The third-order valence-corrected chi connectivity index (χ3v) is 2.50. The molecule has 0 aliphatic carbocycles. The predicted octanol–water partition coefficient (Wildman–Crippen LogP) is 2.74. The lowest BCUT2D eigenvalue weighted by molar-refractivity contribution is 0.0525. The highest BCUT2D eigenvalue weighted by Gasteiger charge is 2.20. The lowest BCUT2D eigenvalue weighted by atomic mass is 9.96. The molecular formula is C12H15ClO3. The molecule has 0 saturated heterocycles. The van der Waals surface area contributed by atoms with Gasteiger partial charge in [0.1, 0.15) is 0 Å². The predicted molar refractivity (Wildman–Crippen MR) is 62.7 cm³/mol. The second-order valence-electron chi connectivity index (χ2n) is 3.97. The van der Waals surface area contributed by atoms with E-state index in [1.54, 1.807) is 39.0 Å². The molecule has 0 aliphatic rings. The van der Waals surface area contributed by atoms with Crippen LogP contribution in [0.15, 0.2) is 18.2 Å². The fourth-order valence-electron chi connectivity index (χ4n) is 1.27. The summed E-state index contributed by atoms with van der Waals surface area (Å²) >= 11 is 5.89. The number of carbonyl (C=O) groups excluding carboxylic acids is 1. The summed E-state index contributed by atoms with van der Waals surface area (Å²) in [5.74, 6) is -0.474. The Morgan fingerprint density at radius 1 is 1.50 bits per heavy atom. The quantitative estimate of drug-likeness (QED) is 0.829. The Morgan fingerprint density at radius 3 is 2.62 bits per heavy atom. The van der Waals surface area contributed by atoms with Gasteiger partial charge in [-0.05, 0) is 38.5 Å². The molecule has 0 heterocycles. The van der Waals surface area contributed by atoms with Crippen LogP contribution in [0.25, 0.3) is 0 Å². The zero-order valence-electron chi connectivity index (χ0n) is 9.58. The minimum absolute atomic E-state index is 0.281. The van der Waals surface area contributed by atoms with Crippen molar-refractivity contribution in [1.29, 1.82) is 0 Å². The highest BCUT2D eigenvalue weighted by Crippen LogP contribution is 2.25. The largest absolute Gasteiger partial charge is 0.462 e. The lowest BCUT2D eigenvalue weighted by Gasteiger charge is -2.18. The Hall–Kier alpha value is -1.06. The van der Waals surface area contributed by atoms with Crippen molar-refractivity contribution in [2.75, 3.05) is 6.61 Å². The van der Waals surface area contributed by atoms with Crippen molar-refractivity contribution in [3.63, 3.8) is 0 Å². The summed E-state index contributed by atoms with van der Waals surface area (Å²) < 4.78 is 4.87. The Balaban J connectivity index is 3.14. The van der Waals surface area contributed by atoms with E-state index < -0.39 is 11.6 Å². The summed E-state index contributed by atoms with van der Waals surface area (Å²) in [4.78, 5) is 11.6. The van der Waals surface area contributed by atoms with Crippen molar-refractivity contribution >= 4 is 17.6 Å². The van der Waals surface area contributed by atoms with Gasteiger partial charge in [0.05, 0.1) is 22.8 Å². The third kappa shape index (κ3) is 2.97. The first kappa shape index (κ1) is 13.0. The molecular weight excluding hydrogens is 228 g/mol. The monoisotopic (exact) mass is 242 g/mol. The lowest BCUT2D eigenvalue weighted by Crippen LogP contribution is -2.16. The van der Waals surface area contributed by atoms with Crippen molar-refractivity contribution in [3.05, 3.63) is 34.3 Å². The summed E-state index contributed by atoms with van der Waals surface area (Å²) in [6.07, 6.45) is 0. The molecule has 0 amide bonds. The van der Waals surface area contributed by atoms with E-state index in [1.807, 2.05) is 0 Å². The molecule has 0 fully saturated rings. The van der Waals surface area contributed by atoms with Gasteiger partial charge in [0.15, 0.2) is 0 Å². The SMILES string of the molecule is CCOC(=O)c1cc(C(C)(C)O)ccc1Cl. The second-order valence-corrected chi connectivity index (χ2v) is 4.38. The molecule has 0 aliphatic heterocycles. The van der Waals surface area contributed by atoms with Crippen molar-refractivity contribution in [2.24, 2.45) is 0 Å². The molecule has 1 aromatic carbocycles. The minimum Gasteiger partial charge on any atom is -0.462 e. The number of rotatable bonds is 3. The Morgan fingerprint density at radius 2 is 2.12 bits per heavy atom. The highest BCUT2D eigenvalue weighted by atomic mass is 35.5. The normalized spacial score (nSPS) is 11.3. The van der Waals surface area contributed by atoms with E-state index in [9.17, 15) is 9.90 Å². The number of carbonyl (C=O) groups is 1. The van der Waals surface area contributed by atoms with Crippen LogP contribution in [0.5, 0.6) is 0 Å². The van der Waals surface area contributed by atoms with Gasteiger partial charge in [-0.25, -0.2) is 4.79 Å². The molecule has 0 saturated carbocycles. The summed E-state index contributed by atoms with van der Waals surface area (Å²) in [5, 5.41) is 10.1. The first-order chi connectivity index (χ1) is 7.36. The number of halogens is 1. The van der Waals surface area contributed by atoms with Gasteiger partial charge in [-0.3, -0.25) is 0 Å². The van der Waals surface area contributed by atoms with E-state index in [0.717, 1.165) is 0 Å². The molecule has 0 aromatic heterocycles. The number of hydrogen-bond acceptors (Lipinski definition) is 3. The first-order valence-corrected chi connectivity index (χ1v) is 5.43. The maximum Gasteiger partial charge on any atom is 0.339 e. The van der Waals surface area contributed by atoms with Crippen LogP contribution in [0.1, 0.15) is 36.7 Å². The molecule has 0 unspecified atom stereocenters. The molecule has 4 heteroatoms. The number of ether oxygens (including phenoxy) is 1. The molecule has 1 aromatic rings. The van der Waals surface area contributed by atoms with Crippen LogP contribution in [-0.4, -0.2) is 17.7 Å². The van der Waals surface area contributed by atoms with E-state index in [0.29, 0.717) is 17.2 Å². The number of benzene rings is 1. The molecule has 3 nitrogen and oxygen atoms in total. The Bertz CT molecular complexity index is 394. The van der Waals surface area contributed by atoms with Crippen LogP contribution in [0.4, 0.5) is 0 Å². The number of hydrogen-bond donors (Lipinski definition) is 1. The van der Waals surface area contributed by atoms with Gasteiger partial charge >= 0.3 is 5.97 Å². The van der Waals surface area contributed by atoms with Gasteiger partial charge in [0.25, 0.3) is 0 Å². The van der Waals surface area contributed by atoms with Crippen molar-refractivity contribution in [3.8, 4) is 0 Å². The van der Waals surface area contributed by atoms with Gasteiger partial charge in [-0.15, -0.1) is 0 Å². The molecule has 0 bridgehead atoms. The highest BCUT2D eigenvalue weighted by molar-refractivity contribution is 6.33. The standard InChI is InChI=1S/C12H15ClO3/c1-4-16-11(14)9-7-8(12(2,3)15)5-6-10(9)13/h5-7,15H,4H2,1-3H3. The van der Waals surface area contributed by atoms with Crippen LogP contribution in [0.3, 0.4) is 0 Å². The minimum atomic E-state index is -1.01. The fourth-order valence-corrected chi connectivity index (χ4v) is 1.47. The average Bonchev–Trinajstić information content (AvgIpc) is 2.16. The fraction of sp³-hybridized carbons (Fsp3) is 0.417. The van der Waals surface area contributed by atoms with Gasteiger partial charge in [0.2, 0.25) is 0 Å². The Labute approximate surface area is 100.0 Å². The van der Waals surface area contributed by atoms with E-state index in [4.69, 9.17) is 16.3 Å². The maximum absolute atomic E-state index is 11.6. The van der Waals surface area contributed by atoms with E-state index in [-0.39, 0.29) is 5.56 Å². The molecule has 16 heavy (non-hydrogen) atoms. The van der Waals surface area contributed by atoms with Crippen molar-refractivity contribution < 1.29 is 14.6 Å². The van der Waals surface area contributed by atoms with Gasteiger partial charge < -0.3 is 9.84 Å².